The molecule has 2 aromatic carbocycles. The number of alkyl carbamates (subject to hydrolysis) is 1. The summed E-state index contributed by atoms with van der Waals surface area (Å²) in [7, 11) is -1.41. The second kappa shape index (κ2) is 10.1. The number of hydrogen-bond acceptors (Lipinski definition) is 4. The number of rotatable bonds is 9. The molecule has 0 aromatic heterocycles. The highest BCUT2D eigenvalue weighted by Gasteiger charge is 2.43. The number of nitrogens with one attached hydrogen (secondary N) is 1. The van der Waals surface area contributed by atoms with Gasteiger partial charge in [-0.2, -0.15) is 0 Å². The molecule has 0 bridgehead atoms. The van der Waals surface area contributed by atoms with Gasteiger partial charge in [-0.05, 0) is 53.6 Å². The van der Waals surface area contributed by atoms with Crippen molar-refractivity contribution >= 4 is 21.1 Å². The van der Waals surface area contributed by atoms with E-state index in [4.69, 9.17) is 9.16 Å². The van der Waals surface area contributed by atoms with Crippen LogP contribution in [-0.2, 0) is 14.0 Å². The molecule has 1 aliphatic rings. The average Bonchev–Trinajstić information content (AvgIpc) is 3.04. The van der Waals surface area contributed by atoms with E-state index in [2.05, 4.69) is 38.2 Å². The highest BCUT2D eigenvalue weighted by atomic mass is 28.3. The second-order valence-corrected chi connectivity index (χ2v) is 12.0. The van der Waals surface area contributed by atoms with Crippen LogP contribution in [-0.4, -0.2) is 38.5 Å². The standard InChI is InChI=1S/C26H34NO5Si/c1-25(2,3)15-10-16-26(23(28)29,32-33(4)5)27-24(30)31-17-22-20-13-8-6-11-18(20)19-12-7-9-14-21(19)22/h6-9,11-14,22H,10,15-17H2,1-5H3,(H,27,30)(H,28,29)/t26-/m0/s1. The molecule has 0 fully saturated rings. The van der Waals surface area contributed by atoms with Crippen molar-refractivity contribution in [3.63, 3.8) is 0 Å². The predicted octanol–water partition coefficient (Wildman–Crippen LogP) is 5.79. The van der Waals surface area contributed by atoms with Crippen molar-refractivity contribution in [2.24, 2.45) is 5.41 Å². The lowest BCUT2D eigenvalue weighted by Gasteiger charge is -2.33. The van der Waals surface area contributed by atoms with Crippen molar-refractivity contribution in [1.82, 2.24) is 5.32 Å². The predicted molar refractivity (Wildman–Crippen MR) is 130 cm³/mol. The normalized spacial score (nSPS) is 15.0. The molecule has 2 aromatic rings. The van der Waals surface area contributed by atoms with Gasteiger partial charge in [0.2, 0.25) is 14.8 Å². The fraction of sp³-hybridized carbons (Fsp3) is 0.462. The fourth-order valence-electron chi connectivity index (χ4n) is 4.36. The molecule has 33 heavy (non-hydrogen) atoms. The third-order valence-corrected chi connectivity index (χ3v) is 6.58. The Bertz CT molecular complexity index is 955. The summed E-state index contributed by atoms with van der Waals surface area (Å²) in [6.45, 7) is 10.1. The third-order valence-electron chi connectivity index (χ3n) is 5.83. The van der Waals surface area contributed by atoms with Crippen LogP contribution < -0.4 is 5.32 Å². The summed E-state index contributed by atoms with van der Waals surface area (Å²) in [6, 6.07) is 16.2. The maximum absolute atomic E-state index is 12.8. The largest absolute Gasteiger partial charge is 0.478 e. The summed E-state index contributed by atoms with van der Waals surface area (Å²) in [5, 5.41) is 12.6. The Labute approximate surface area is 198 Å². The molecule has 1 amide bonds. The van der Waals surface area contributed by atoms with Crippen LogP contribution in [0.1, 0.15) is 57.1 Å². The third kappa shape index (κ3) is 6.03. The molecule has 3 rings (SSSR count). The number of benzene rings is 2. The van der Waals surface area contributed by atoms with Crippen molar-refractivity contribution in [1.29, 1.82) is 0 Å². The lowest BCUT2D eigenvalue weighted by atomic mass is 9.88. The van der Waals surface area contributed by atoms with Crippen molar-refractivity contribution in [3.05, 3.63) is 59.7 Å². The number of ether oxygens (including phenoxy) is 1. The molecule has 0 aliphatic heterocycles. The van der Waals surface area contributed by atoms with Gasteiger partial charge in [0, 0.05) is 12.3 Å². The Kier molecular flexibility index (Phi) is 7.64. The van der Waals surface area contributed by atoms with E-state index in [1.807, 2.05) is 49.5 Å². The lowest BCUT2D eigenvalue weighted by molar-refractivity contribution is -0.159. The maximum atomic E-state index is 12.8. The number of hydrogen-bond donors (Lipinski definition) is 2. The van der Waals surface area contributed by atoms with Crippen molar-refractivity contribution < 1.29 is 23.9 Å². The Morgan fingerprint density at radius 1 is 0.970 bits per heavy atom. The van der Waals surface area contributed by atoms with Crippen molar-refractivity contribution in [2.75, 3.05) is 6.61 Å². The van der Waals surface area contributed by atoms with Crippen LogP contribution in [0.3, 0.4) is 0 Å². The maximum Gasteiger partial charge on any atom is 0.409 e. The Morgan fingerprint density at radius 2 is 1.52 bits per heavy atom. The number of fused-ring (bicyclic) bond motifs is 3. The van der Waals surface area contributed by atoms with E-state index in [9.17, 15) is 14.7 Å². The first kappa shape index (κ1) is 25.0. The van der Waals surface area contributed by atoms with Gasteiger partial charge in [0.1, 0.15) is 6.61 Å². The minimum atomic E-state index is -1.79. The molecule has 1 aliphatic carbocycles. The molecule has 0 saturated carbocycles. The van der Waals surface area contributed by atoms with E-state index in [1.54, 1.807) is 0 Å². The zero-order valence-electron chi connectivity index (χ0n) is 20.1. The van der Waals surface area contributed by atoms with Crippen LogP contribution in [0, 0.1) is 5.41 Å². The number of carbonyl (C=O) groups excluding carboxylic acids is 1. The highest BCUT2D eigenvalue weighted by molar-refractivity contribution is 6.48. The zero-order valence-corrected chi connectivity index (χ0v) is 21.1. The number of carboxylic acids is 1. The van der Waals surface area contributed by atoms with Crippen LogP contribution in [0.25, 0.3) is 11.1 Å². The van der Waals surface area contributed by atoms with Gasteiger partial charge >= 0.3 is 12.1 Å². The average molecular weight is 469 g/mol. The molecule has 1 atom stereocenters. The first-order chi connectivity index (χ1) is 15.5. The van der Waals surface area contributed by atoms with Crippen LogP contribution >= 0.6 is 0 Å². The number of carbonyl (C=O) groups is 2. The first-order valence-corrected chi connectivity index (χ1v) is 13.8. The summed E-state index contributed by atoms with van der Waals surface area (Å²) in [4.78, 5) is 25.1. The van der Waals surface area contributed by atoms with E-state index in [0.29, 0.717) is 6.42 Å². The minimum Gasteiger partial charge on any atom is -0.478 e. The van der Waals surface area contributed by atoms with E-state index >= 15 is 0 Å². The molecule has 0 unspecified atom stereocenters. The van der Waals surface area contributed by atoms with Gasteiger partial charge in [0.25, 0.3) is 0 Å². The number of carboxylic acid groups (broad SMARTS) is 1. The van der Waals surface area contributed by atoms with Crippen LogP contribution in [0.4, 0.5) is 4.79 Å². The van der Waals surface area contributed by atoms with Gasteiger partial charge in [-0.15, -0.1) is 0 Å². The van der Waals surface area contributed by atoms with Crippen LogP contribution in [0.15, 0.2) is 48.5 Å². The molecular formula is C26H34NO5Si. The Hall–Kier alpha value is -2.64. The summed E-state index contributed by atoms with van der Waals surface area (Å²) in [5.41, 5.74) is 2.75. The zero-order chi connectivity index (χ0) is 24.2. The summed E-state index contributed by atoms with van der Waals surface area (Å²) >= 11 is 0. The topological polar surface area (TPSA) is 84.9 Å². The first-order valence-electron chi connectivity index (χ1n) is 11.4. The summed E-state index contributed by atoms with van der Waals surface area (Å²) in [5.74, 6) is -1.29. The molecule has 6 nitrogen and oxygen atoms in total. The minimum absolute atomic E-state index is 0.0558. The summed E-state index contributed by atoms with van der Waals surface area (Å²) in [6.07, 6.45) is 0.819. The molecule has 2 N–H and O–H groups in total. The smallest absolute Gasteiger partial charge is 0.409 e. The van der Waals surface area contributed by atoms with E-state index in [-0.39, 0.29) is 24.4 Å². The van der Waals surface area contributed by atoms with E-state index in [1.165, 1.54) is 0 Å². The second-order valence-electron chi connectivity index (χ2n) is 10.0. The van der Waals surface area contributed by atoms with Gasteiger partial charge in [0.05, 0.1) is 0 Å². The molecule has 0 spiro atoms. The van der Waals surface area contributed by atoms with Gasteiger partial charge < -0.3 is 14.3 Å². The fourth-order valence-corrected chi connectivity index (χ4v) is 5.30. The van der Waals surface area contributed by atoms with Crippen molar-refractivity contribution in [3.8, 4) is 11.1 Å². The van der Waals surface area contributed by atoms with Gasteiger partial charge in [0.15, 0.2) is 0 Å². The molecular weight excluding hydrogens is 434 g/mol. The van der Waals surface area contributed by atoms with E-state index < -0.39 is 26.8 Å². The molecule has 177 valence electrons. The highest BCUT2D eigenvalue weighted by Crippen LogP contribution is 2.44. The molecule has 7 heteroatoms. The van der Waals surface area contributed by atoms with Crippen LogP contribution in [0.2, 0.25) is 13.1 Å². The number of aliphatic carboxylic acids is 1. The van der Waals surface area contributed by atoms with Crippen LogP contribution in [0.5, 0.6) is 0 Å². The SMILES string of the molecule is C[Si](C)O[C@](CCCC(C)(C)C)(NC(=O)OCC1c2ccccc2-c2ccccc21)C(=O)O. The van der Waals surface area contributed by atoms with Gasteiger partial charge in [-0.25, -0.2) is 9.59 Å². The Balaban J connectivity index is 1.73. The van der Waals surface area contributed by atoms with Gasteiger partial charge in [-0.3, -0.25) is 5.32 Å². The molecule has 0 heterocycles. The lowest BCUT2D eigenvalue weighted by Crippen LogP contribution is -2.58. The number of amides is 1. The molecule has 1 radical (unpaired) electrons. The van der Waals surface area contributed by atoms with Gasteiger partial charge in [-0.1, -0.05) is 69.3 Å². The quantitative estimate of drug-likeness (QED) is 0.359. The molecule has 0 saturated heterocycles. The monoisotopic (exact) mass is 468 g/mol. The van der Waals surface area contributed by atoms with E-state index in [0.717, 1.165) is 28.7 Å². The van der Waals surface area contributed by atoms with Crippen molar-refractivity contribution in [2.45, 2.75) is 64.8 Å². The Morgan fingerprint density at radius 3 is 2.00 bits per heavy atom. The summed E-state index contributed by atoms with van der Waals surface area (Å²) < 4.78 is 11.5.